The quantitative estimate of drug-likeness (QED) is 0.870. The summed E-state index contributed by atoms with van der Waals surface area (Å²) in [5, 5.41) is 0. The monoisotopic (exact) mass is 325 g/mol. The number of hydrogen-bond acceptors (Lipinski definition) is 3. The number of nitrogen functional groups attached to an aromatic ring is 1. The first-order valence-corrected chi connectivity index (χ1v) is 6.39. The summed E-state index contributed by atoms with van der Waals surface area (Å²) in [7, 11) is 1.55. The van der Waals surface area contributed by atoms with Gasteiger partial charge in [-0.1, -0.05) is 22.0 Å². The number of nitrogens with two attached hydrogens (primary N) is 1. The summed E-state index contributed by atoms with van der Waals surface area (Å²) in [4.78, 5) is 0. The SMILES string of the molecule is COc1ccc(COc2cc(Br)ccc2F)cc1N. The van der Waals surface area contributed by atoms with Crippen molar-refractivity contribution in [1.82, 2.24) is 0 Å². The van der Waals surface area contributed by atoms with E-state index in [-0.39, 0.29) is 12.4 Å². The second kappa shape index (κ2) is 5.93. The zero-order valence-corrected chi connectivity index (χ0v) is 11.9. The average molecular weight is 326 g/mol. The molecule has 0 aliphatic heterocycles. The van der Waals surface area contributed by atoms with Crippen LogP contribution in [0.4, 0.5) is 10.1 Å². The van der Waals surface area contributed by atoms with Crippen molar-refractivity contribution in [3.63, 3.8) is 0 Å². The van der Waals surface area contributed by atoms with Crippen LogP contribution in [0.1, 0.15) is 5.56 Å². The lowest BCUT2D eigenvalue weighted by Crippen LogP contribution is -1.99. The van der Waals surface area contributed by atoms with Crippen LogP contribution in [-0.4, -0.2) is 7.11 Å². The first-order chi connectivity index (χ1) is 9.10. The summed E-state index contributed by atoms with van der Waals surface area (Å²) in [5.41, 5.74) is 7.16. The lowest BCUT2D eigenvalue weighted by atomic mass is 10.2. The Balaban J connectivity index is 2.10. The average Bonchev–Trinajstić information content (AvgIpc) is 2.40. The predicted molar refractivity (Wildman–Crippen MR) is 75.8 cm³/mol. The van der Waals surface area contributed by atoms with Gasteiger partial charge in [0.25, 0.3) is 0 Å². The molecule has 0 spiro atoms. The van der Waals surface area contributed by atoms with Crippen molar-refractivity contribution in [2.75, 3.05) is 12.8 Å². The minimum Gasteiger partial charge on any atom is -0.495 e. The van der Waals surface area contributed by atoms with E-state index >= 15 is 0 Å². The van der Waals surface area contributed by atoms with Crippen LogP contribution in [-0.2, 0) is 6.61 Å². The first kappa shape index (κ1) is 13.7. The maximum atomic E-state index is 13.5. The van der Waals surface area contributed by atoms with Crippen molar-refractivity contribution in [1.29, 1.82) is 0 Å². The van der Waals surface area contributed by atoms with Crippen LogP contribution >= 0.6 is 15.9 Å². The highest BCUT2D eigenvalue weighted by atomic mass is 79.9. The standard InChI is InChI=1S/C14H13BrFNO2/c1-18-13-5-2-9(6-12(13)17)8-19-14-7-10(15)3-4-11(14)16/h2-7H,8,17H2,1H3. The highest BCUT2D eigenvalue weighted by Gasteiger charge is 2.06. The normalized spacial score (nSPS) is 10.3. The van der Waals surface area contributed by atoms with Gasteiger partial charge in [-0.2, -0.15) is 0 Å². The molecule has 3 nitrogen and oxygen atoms in total. The van der Waals surface area contributed by atoms with Crippen molar-refractivity contribution in [3.05, 3.63) is 52.3 Å². The van der Waals surface area contributed by atoms with Crippen molar-refractivity contribution >= 4 is 21.6 Å². The third-order valence-electron chi connectivity index (χ3n) is 2.58. The zero-order chi connectivity index (χ0) is 13.8. The molecule has 0 bridgehead atoms. The third kappa shape index (κ3) is 3.38. The van der Waals surface area contributed by atoms with E-state index in [0.29, 0.717) is 11.4 Å². The Morgan fingerprint density at radius 3 is 2.63 bits per heavy atom. The number of halogens is 2. The smallest absolute Gasteiger partial charge is 0.165 e. The van der Waals surface area contributed by atoms with E-state index < -0.39 is 5.82 Å². The van der Waals surface area contributed by atoms with E-state index in [1.807, 2.05) is 6.07 Å². The molecule has 5 heteroatoms. The molecule has 2 rings (SSSR count). The van der Waals surface area contributed by atoms with E-state index in [1.165, 1.54) is 6.07 Å². The Kier molecular flexibility index (Phi) is 4.27. The Hall–Kier alpha value is -1.75. The molecule has 0 amide bonds. The molecule has 0 radical (unpaired) electrons. The summed E-state index contributed by atoms with van der Waals surface area (Å²) >= 11 is 3.27. The van der Waals surface area contributed by atoms with Gasteiger partial charge in [0.15, 0.2) is 11.6 Å². The summed E-state index contributed by atoms with van der Waals surface area (Å²) < 4.78 is 24.7. The van der Waals surface area contributed by atoms with Gasteiger partial charge in [0, 0.05) is 4.47 Å². The van der Waals surface area contributed by atoms with Crippen LogP contribution in [0, 0.1) is 5.82 Å². The molecule has 0 aromatic heterocycles. The Morgan fingerprint density at radius 1 is 1.16 bits per heavy atom. The Labute approximate surface area is 119 Å². The van der Waals surface area contributed by atoms with Gasteiger partial charge < -0.3 is 15.2 Å². The van der Waals surface area contributed by atoms with Crippen LogP contribution in [0.25, 0.3) is 0 Å². The lowest BCUT2D eigenvalue weighted by molar-refractivity contribution is 0.290. The van der Waals surface area contributed by atoms with Gasteiger partial charge in [-0.15, -0.1) is 0 Å². The largest absolute Gasteiger partial charge is 0.495 e. The fourth-order valence-electron chi connectivity index (χ4n) is 1.62. The topological polar surface area (TPSA) is 44.5 Å². The van der Waals surface area contributed by atoms with Gasteiger partial charge in [-0.25, -0.2) is 4.39 Å². The molecule has 0 fully saturated rings. The van der Waals surface area contributed by atoms with Crippen molar-refractivity contribution in [2.24, 2.45) is 0 Å². The Morgan fingerprint density at radius 2 is 1.95 bits per heavy atom. The van der Waals surface area contributed by atoms with Gasteiger partial charge in [0.2, 0.25) is 0 Å². The molecule has 0 atom stereocenters. The molecule has 100 valence electrons. The molecular weight excluding hydrogens is 313 g/mol. The summed E-state index contributed by atoms with van der Waals surface area (Å²) in [6.45, 7) is 0.238. The van der Waals surface area contributed by atoms with E-state index in [4.69, 9.17) is 15.2 Å². The summed E-state index contributed by atoms with van der Waals surface area (Å²) in [6.07, 6.45) is 0. The predicted octanol–water partition coefficient (Wildman–Crippen LogP) is 3.76. The number of methoxy groups -OCH3 is 1. The molecule has 0 aliphatic rings. The Bertz CT molecular complexity index is 590. The molecule has 0 saturated carbocycles. The lowest BCUT2D eigenvalue weighted by Gasteiger charge is -2.10. The van der Waals surface area contributed by atoms with Crippen LogP contribution in [0.5, 0.6) is 11.5 Å². The fourth-order valence-corrected chi connectivity index (χ4v) is 1.96. The van der Waals surface area contributed by atoms with E-state index in [0.717, 1.165) is 10.0 Å². The summed E-state index contributed by atoms with van der Waals surface area (Å²) in [6, 6.07) is 9.88. The van der Waals surface area contributed by atoms with Gasteiger partial charge in [0.05, 0.1) is 12.8 Å². The fraction of sp³-hybridized carbons (Fsp3) is 0.143. The van der Waals surface area contributed by atoms with E-state index in [2.05, 4.69) is 15.9 Å². The number of rotatable bonds is 4. The highest BCUT2D eigenvalue weighted by molar-refractivity contribution is 9.10. The van der Waals surface area contributed by atoms with Gasteiger partial charge in [0.1, 0.15) is 12.4 Å². The molecule has 2 aromatic carbocycles. The minimum absolute atomic E-state index is 0.198. The molecule has 0 unspecified atom stereocenters. The maximum absolute atomic E-state index is 13.5. The number of anilines is 1. The summed E-state index contributed by atoms with van der Waals surface area (Å²) in [5.74, 6) is 0.408. The molecule has 19 heavy (non-hydrogen) atoms. The van der Waals surface area contributed by atoms with Crippen molar-refractivity contribution in [3.8, 4) is 11.5 Å². The molecule has 2 N–H and O–H groups in total. The maximum Gasteiger partial charge on any atom is 0.165 e. The molecule has 0 saturated heterocycles. The molecule has 2 aromatic rings. The molecule has 0 aliphatic carbocycles. The van der Waals surface area contributed by atoms with Crippen LogP contribution < -0.4 is 15.2 Å². The van der Waals surface area contributed by atoms with Crippen molar-refractivity contribution in [2.45, 2.75) is 6.61 Å². The van der Waals surface area contributed by atoms with Crippen molar-refractivity contribution < 1.29 is 13.9 Å². The number of hydrogen-bond donors (Lipinski definition) is 1. The van der Waals surface area contributed by atoms with Gasteiger partial charge in [-0.05, 0) is 35.9 Å². The zero-order valence-electron chi connectivity index (χ0n) is 10.3. The second-order valence-corrected chi connectivity index (χ2v) is 4.86. The van der Waals surface area contributed by atoms with Gasteiger partial charge in [-0.3, -0.25) is 0 Å². The van der Waals surface area contributed by atoms with Crippen LogP contribution in [0.3, 0.4) is 0 Å². The van der Waals surface area contributed by atoms with Gasteiger partial charge >= 0.3 is 0 Å². The van der Waals surface area contributed by atoms with Crippen LogP contribution in [0.15, 0.2) is 40.9 Å². The highest BCUT2D eigenvalue weighted by Crippen LogP contribution is 2.25. The number of benzene rings is 2. The second-order valence-electron chi connectivity index (χ2n) is 3.94. The molecular formula is C14H13BrFNO2. The minimum atomic E-state index is -0.398. The third-order valence-corrected chi connectivity index (χ3v) is 3.07. The number of ether oxygens (including phenoxy) is 2. The van der Waals surface area contributed by atoms with Crippen LogP contribution in [0.2, 0.25) is 0 Å². The van der Waals surface area contributed by atoms with E-state index in [9.17, 15) is 4.39 Å². The van der Waals surface area contributed by atoms with E-state index in [1.54, 1.807) is 31.4 Å². The first-order valence-electron chi connectivity index (χ1n) is 5.60. The molecule has 0 heterocycles.